The van der Waals surface area contributed by atoms with Crippen LogP contribution in [0.3, 0.4) is 0 Å². The smallest absolute Gasteiger partial charge is 0.306 e. The number of carbonyl (C=O) groups excluding carboxylic acids is 2. The van der Waals surface area contributed by atoms with Crippen molar-refractivity contribution < 1.29 is 14.3 Å². The van der Waals surface area contributed by atoms with Gasteiger partial charge in [0.15, 0.2) is 0 Å². The SMILES string of the molecule is COC(=O)CC(C)(C)C=O. The van der Waals surface area contributed by atoms with Gasteiger partial charge in [0.25, 0.3) is 0 Å². The minimum absolute atomic E-state index is 0.146. The maximum absolute atomic E-state index is 10.6. The van der Waals surface area contributed by atoms with Crippen molar-refractivity contribution in [2.75, 3.05) is 7.11 Å². The minimum Gasteiger partial charge on any atom is -0.469 e. The summed E-state index contributed by atoms with van der Waals surface area (Å²) in [5.74, 6) is -0.350. The topological polar surface area (TPSA) is 43.4 Å². The Kier molecular flexibility index (Phi) is 3.06. The molecule has 0 heterocycles. The Morgan fingerprint density at radius 1 is 1.60 bits per heavy atom. The second-order valence-electron chi connectivity index (χ2n) is 2.86. The first-order chi connectivity index (χ1) is 4.52. The molecule has 3 heteroatoms. The third kappa shape index (κ3) is 3.22. The van der Waals surface area contributed by atoms with E-state index in [9.17, 15) is 9.59 Å². The van der Waals surface area contributed by atoms with Crippen molar-refractivity contribution in [3.8, 4) is 0 Å². The maximum Gasteiger partial charge on any atom is 0.306 e. The Hall–Kier alpha value is -0.860. The standard InChI is InChI=1S/C7H12O3/c1-7(2,5-8)4-6(9)10-3/h5H,4H2,1-3H3. The van der Waals surface area contributed by atoms with Crippen LogP contribution in [0.15, 0.2) is 0 Å². The summed E-state index contributed by atoms with van der Waals surface area (Å²) < 4.78 is 4.39. The number of rotatable bonds is 3. The molecule has 0 aromatic rings. The summed E-state index contributed by atoms with van der Waals surface area (Å²) in [6, 6.07) is 0. The second-order valence-corrected chi connectivity index (χ2v) is 2.86. The summed E-state index contributed by atoms with van der Waals surface area (Å²) >= 11 is 0. The van der Waals surface area contributed by atoms with Crippen molar-refractivity contribution in [3.63, 3.8) is 0 Å². The highest BCUT2D eigenvalue weighted by atomic mass is 16.5. The van der Waals surface area contributed by atoms with Crippen molar-refractivity contribution in [2.45, 2.75) is 20.3 Å². The van der Waals surface area contributed by atoms with Gasteiger partial charge in [-0.2, -0.15) is 0 Å². The third-order valence-corrected chi connectivity index (χ3v) is 1.15. The molecular weight excluding hydrogens is 132 g/mol. The van der Waals surface area contributed by atoms with E-state index in [1.807, 2.05) is 0 Å². The fourth-order valence-electron chi connectivity index (χ4n) is 0.486. The van der Waals surface area contributed by atoms with E-state index in [1.54, 1.807) is 13.8 Å². The van der Waals surface area contributed by atoms with Crippen LogP contribution in [0.5, 0.6) is 0 Å². The van der Waals surface area contributed by atoms with E-state index in [0.717, 1.165) is 6.29 Å². The molecule has 0 N–H and O–H groups in total. The van der Waals surface area contributed by atoms with Gasteiger partial charge in [0.1, 0.15) is 6.29 Å². The molecular formula is C7H12O3. The lowest BCUT2D eigenvalue weighted by Crippen LogP contribution is -2.19. The zero-order valence-corrected chi connectivity index (χ0v) is 6.51. The van der Waals surface area contributed by atoms with Gasteiger partial charge in [0.05, 0.1) is 13.5 Å². The zero-order chi connectivity index (χ0) is 8.20. The minimum atomic E-state index is -0.590. The number of ether oxygens (including phenoxy) is 1. The Balaban J connectivity index is 3.88. The van der Waals surface area contributed by atoms with Gasteiger partial charge >= 0.3 is 5.97 Å². The zero-order valence-electron chi connectivity index (χ0n) is 6.51. The molecule has 0 atom stereocenters. The lowest BCUT2D eigenvalue weighted by Gasteiger charge is -2.13. The Labute approximate surface area is 60.4 Å². The summed E-state index contributed by atoms with van der Waals surface area (Å²) in [4.78, 5) is 20.9. The van der Waals surface area contributed by atoms with E-state index in [1.165, 1.54) is 7.11 Å². The Morgan fingerprint density at radius 2 is 2.10 bits per heavy atom. The number of hydrogen-bond donors (Lipinski definition) is 0. The fourth-order valence-corrected chi connectivity index (χ4v) is 0.486. The number of esters is 1. The van der Waals surface area contributed by atoms with Crippen molar-refractivity contribution in [2.24, 2.45) is 5.41 Å². The van der Waals surface area contributed by atoms with Crippen LogP contribution in [0.25, 0.3) is 0 Å². The molecule has 0 aliphatic carbocycles. The molecule has 0 fully saturated rings. The molecule has 58 valence electrons. The lowest BCUT2D eigenvalue weighted by atomic mass is 9.92. The van der Waals surface area contributed by atoms with Crippen LogP contribution in [0.2, 0.25) is 0 Å². The molecule has 0 amide bonds. The van der Waals surface area contributed by atoms with E-state index in [4.69, 9.17) is 0 Å². The normalized spacial score (nSPS) is 10.7. The first kappa shape index (κ1) is 9.14. The van der Waals surface area contributed by atoms with Gasteiger partial charge in [-0.25, -0.2) is 0 Å². The highest BCUT2D eigenvalue weighted by molar-refractivity contribution is 5.75. The molecule has 0 spiro atoms. The number of hydrogen-bond acceptors (Lipinski definition) is 3. The van der Waals surface area contributed by atoms with Gasteiger partial charge in [-0.05, 0) is 0 Å². The van der Waals surface area contributed by atoms with Gasteiger partial charge in [-0.1, -0.05) is 13.8 Å². The number of aldehydes is 1. The monoisotopic (exact) mass is 144 g/mol. The van der Waals surface area contributed by atoms with Crippen LogP contribution >= 0.6 is 0 Å². The van der Waals surface area contributed by atoms with E-state index >= 15 is 0 Å². The van der Waals surface area contributed by atoms with Gasteiger partial charge in [-0.15, -0.1) is 0 Å². The van der Waals surface area contributed by atoms with E-state index in [-0.39, 0.29) is 12.4 Å². The second kappa shape index (κ2) is 3.34. The molecule has 0 rings (SSSR count). The molecule has 0 aromatic heterocycles. The average molecular weight is 144 g/mol. The molecule has 0 saturated carbocycles. The highest BCUT2D eigenvalue weighted by Crippen LogP contribution is 2.16. The molecule has 0 saturated heterocycles. The van der Waals surface area contributed by atoms with Crippen molar-refractivity contribution in [3.05, 3.63) is 0 Å². The summed E-state index contributed by atoms with van der Waals surface area (Å²) in [5, 5.41) is 0. The fraction of sp³-hybridized carbons (Fsp3) is 0.714. The molecule has 3 nitrogen and oxygen atoms in total. The van der Waals surface area contributed by atoms with E-state index < -0.39 is 5.41 Å². The Morgan fingerprint density at radius 3 is 2.40 bits per heavy atom. The van der Waals surface area contributed by atoms with Crippen LogP contribution in [0, 0.1) is 5.41 Å². The van der Waals surface area contributed by atoms with Gasteiger partial charge in [0, 0.05) is 5.41 Å². The predicted molar refractivity (Wildman–Crippen MR) is 36.5 cm³/mol. The summed E-state index contributed by atoms with van der Waals surface area (Å²) in [6.07, 6.45) is 0.900. The van der Waals surface area contributed by atoms with Crippen molar-refractivity contribution in [1.29, 1.82) is 0 Å². The quantitative estimate of drug-likeness (QED) is 0.434. The molecule has 0 bridgehead atoms. The van der Waals surface area contributed by atoms with Crippen LogP contribution in [0.1, 0.15) is 20.3 Å². The summed E-state index contributed by atoms with van der Waals surface area (Å²) in [6.45, 7) is 3.38. The molecule has 10 heavy (non-hydrogen) atoms. The van der Waals surface area contributed by atoms with Crippen LogP contribution in [-0.2, 0) is 14.3 Å². The van der Waals surface area contributed by atoms with Crippen molar-refractivity contribution >= 4 is 12.3 Å². The number of methoxy groups -OCH3 is 1. The molecule has 0 radical (unpaired) electrons. The molecule has 0 unspecified atom stereocenters. The summed E-state index contributed by atoms with van der Waals surface area (Å²) in [7, 11) is 1.31. The molecule has 0 aliphatic rings. The van der Waals surface area contributed by atoms with Gasteiger partial charge in [-0.3, -0.25) is 4.79 Å². The lowest BCUT2D eigenvalue weighted by molar-refractivity contribution is -0.144. The Bertz CT molecular complexity index is 138. The highest BCUT2D eigenvalue weighted by Gasteiger charge is 2.21. The van der Waals surface area contributed by atoms with Crippen molar-refractivity contribution in [1.82, 2.24) is 0 Å². The van der Waals surface area contributed by atoms with Crippen LogP contribution in [0.4, 0.5) is 0 Å². The summed E-state index contributed by atoms with van der Waals surface area (Å²) in [5.41, 5.74) is -0.590. The largest absolute Gasteiger partial charge is 0.469 e. The number of carbonyl (C=O) groups is 2. The third-order valence-electron chi connectivity index (χ3n) is 1.15. The van der Waals surface area contributed by atoms with Crippen LogP contribution < -0.4 is 0 Å². The average Bonchev–Trinajstić information content (AvgIpc) is 1.87. The van der Waals surface area contributed by atoms with E-state index in [2.05, 4.69) is 4.74 Å². The molecule has 0 aromatic carbocycles. The molecule has 0 aliphatic heterocycles. The van der Waals surface area contributed by atoms with Crippen LogP contribution in [-0.4, -0.2) is 19.4 Å². The predicted octanol–water partition coefficient (Wildman–Crippen LogP) is 0.775. The van der Waals surface area contributed by atoms with E-state index in [0.29, 0.717) is 0 Å². The van der Waals surface area contributed by atoms with Gasteiger partial charge < -0.3 is 9.53 Å². The first-order valence-corrected chi connectivity index (χ1v) is 3.05. The first-order valence-electron chi connectivity index (χ1n) is 3.05. The maximum atomic E-state index is 10.6. The van der Waals surface area contributed by atoms with Gasteiger partial charge in [0.2, 0.25) is 0 Å².